The number of Topliss-reactive ketones (excluding diaryl/α,β-unsaturated/α-hetero) is 4. The van der Waals surface area contributed by atoms with Gasteiger partial charge in [0.1, 0.15) is 0 Å². The number of aliphatic imine (C=N–C) groups is 4. The Bertz CT molecular complexity index is 4510. The van der Waals surface area contributed by atoms with Crippen LogP contribution in [0.15, 0.2) is 182 Å². The first-order valence-corrected chi connectivity index (χ1v) is 37.4. The van der Waals surface area contributed by atoms with Crippen molar-refractivity contribution < 1.29 is 38.4 Å². The molecule has 20 nitrogen and oxygen atoms in total. The molecule has 8 rings (SSSR count). The fourth-order valence-corrected chi connectivity index (χ4v) is 12.0. The number of hydrogen-bond donors (Lipinski definition) is 4. The summed E-state index contributed by atoms with van der Waals surface area (Å²) in [7, 11) is 3.95. The molecule has 0 unspecified atom stereocenters. The molecule has 4 aromatic rings. The van der Waals surface area contributed by atoms with E-state index in [4.69, 9.17) is 56.4 Å². The van der Waals surface area contributed by atoms with Gasteiger partial charge in [0.05, 0.1) is 88.5 Å². The van der Waals surface area contributed by atoms with Crippen LogP contribution < -0.4 is 40.9 Å². The number of unbranched alkanes of at least 4 members (excludes halogenated alkanes) is 2. The van der Waals surface area contributed by atoms with E-state index in [9.17, 15) is 38.4 Å². The second kappa shape index (κ2) is 41.5. The van der Waals surface area contributed by atoms with Crippen molar-refractivity contribution in [2.24, 2.45) is 20.0 Å². The first-order chi connectivity index (χ1) is 50.6. The number of rotatable bonds is 23. The van der Waals surface area contributed by atoms with Gasteiger partial charge in [-0.3, -0.25) is 38.4 Å². The molecular weight excluding hydrogens is 1430 g/mol. The second-order valence-corrected chi connectivity index (χ2v) is 27.6. The summed E-state index contributed by atoms with van der Waals surface area (Å²) in [5, 5.41) is 10.5. The standard InChI is InChI=1S/C24H32ClN3O2.C21H26ClN3O2.C20H24ClN3O2.C18H20ClN3O2/c1-6-8-12-28(13-9-7-2)19-10-11-20(16(3)14-19)27-21-15-22(26-18(5)29)24(30)23(25)17(21)4;1-6-19(26)24-18-12-17(14(5)20(22)21(18)27)23-16-10-9-15(11-13(16)4)25(7-2)8-3;1-6-24(7-2)15-8-9-16(12(3)10-15)23-17-11-18(22-14(5)25)20(26)19(21)13(17)4;1-10-8-13(22(4)5)6-7-14(10)21-15-9-16(20-12(3)23)18(24)17(19)11(15)2/h10-11,14-15H,6-9,12-13H2,1-5H3,(H,26,29);9-12H,6-8H2,1-5H3,(H,24,26);8-11H,6-7H2,1-5H3,(H,22,25);6-9H,1-5H3,(H,20,23). The maximum Gasteiger partial charge on any atom is 0.224 e. The molecule has 0 spiro atoms. The summed E-state index contributed by atoms with van der Waals surface area (Å²) in [6.45, 7) is 39.5. The number of halogens is 4. The maximum absolute atomic E-state index is 12.3. The van der Waals surface area contributed by atoms with Gasteiger partial charge in [0.15, 0.2) is 0 Å². The average molecular weight is 1540 g/mol. The highest BCUT2D eigenvalue weighted by Gasteiger charge is 2.29. The summed E-state index contributed by atoms with van der Waals surface area (Å²) in [5.41, 5.74) is 17.1. The van der Waals surface area contributed by atoms with Gasteiger partial charge in [-0.2, -0.15) is 0 Å². The lowest BCUT2D eigenvalue weighted by Crippen LogP contribution is -2.30. The number of amides is 4. The Balaban J connectivity index is 0.000000257. The highest BCUT2D eigenvalue weighted by Crippen LogP contribution is 2.34. The van der Waals surface area contributed by atoms with Gasteiger partial charge in [0.25, 0.3) is 0 Å². The van der Waals surface area contributed by atoms with Crippen molar-refractivity contribution in [2.45, 2.75) is 157 Å². The number of hydrogen-bond acceptors (Lipinski definition) is 16. The number of anilines is 4. The van der Waals surface area contributed by atoms with E-state index in [2.05, 4.69) is 112 Å². The van der Waals surface area contributed by atoms with Crippen molar-refractivity contribution in [3.05, 3.63) is 185 Å². The lowest BCUT2D eigenvalue weighted by atomic mass is 10.0. The molecule has 0 bridgehead atoms. The number of benzene rings is 4. The molecule has 4 aromatic carbocycles. The Morgan fingerprint density at radius 3 is 0.832 bits per heavy atom. The largest absolute Gasteiger partial charge is 0.378 e. The lowest BCUT2D eigenvalue weighted by Gasteiger charge is -2.25. The minimum Gasteiger partial charge on any atom is -0.378 e. The van der Waals surface area contributed by atoms with E-state index in [-0.39, 0.29) is 78.8 Å². The third-order valence-corrected chi connectivity index (χ3v) is 19.5. The van der Waals surface area contributed by atoms with Crippen molar-refractivity contribution in [1.82, 2.24) is 21.3 Å². The first kappa shape index (κ1) is 88.0. The van der Waals surface area contributed by atoms with Crippen LogP contribution in [0.25, 0.3) is 0 Å². The van der Waals surface area contributed by atoms with Crippen molar-refractivity contribution in [3.8, 4) is 0 Å². The summed E-state index contributed by atoms with van der Waals surface area (Å²) in [5.74, 6) is -2.79. The van der Waals surface area contributed by atoms with Gasteiger partial charge in [-0.1, -0.05) is 80.0 Å². The number of ketones is 4. The molecule has 0 saturated heterocycles. The van der Waals surface area contributed by atoms with Crippen LogP contribution in [-0.2, 0) is 38.4 Å². The number of carbonyl (C=O) groups is 8. The molecule has 0 atom stereocenters. The van der Waals surface area contributed by atoms with E-state index in [0.717, 1.165) is 101 Å². The van der Waals surface area contributed by atoms with Gasteiger partial charge in [-0.05, 0) is 238 Å². The van der Waals surface area contributed by atoms with E-state index in [1.807, 2.05) is 95.2 Å². The van der Waals surface area contributed by atoms with Crippen molar-refractivity contribution in [1.29, 1.82) is 0 Å². The predicted octanol–water partition coefficient (Wildman–Crippen LogP) is 17.3. The third-order valence-electron chi connectivity index (χ3n) is 17.7. The van der Waals surface area contributed by atoms with E-state index in [1.165, 1.54) is 52.1 Å². The second-order valence-electron chi connectivity index (χ2n) is 26.1. The van der Waals surface area contributed by atoms with Crippen LogP contribution >= 0.6 is 46.4 Å². The number of carbonyl (C=O) groups excluding carboxylic acids is 8. The Labute approximate surface area is 651 Å². The van der Waals surface area contributed by atoms with Crippen LogP contribution in [0.3, 0.4) is 0 Å². The highest BCUT2D eigenvalue weighted by atomic mass is 35.5. The summed E-state index contributed by atoms with van der Waals surface area (Å²) < 4.78 is 0. The van der Waals surface area contributed by atoms with Crippen LogP contribution in [0.5, 0.6) is 0 Å². The van der Waals surface area contributed by atoms with Crippen molar-refractivity contribution in [2.75, 3.05) is 73.0 Å². The van der Waals surface area contributed by atoms with E-state index in [0.29, 0.717) is 45.1 Å². The molecule has 570 valence electrons. The average Bonchev–Trinajstić information content (AvgIpc) is 0.817. The summed E-state index contributed by atoms with van der Waals surface area (Å²) >= 11 is 24.7. The van der Waals surface area contributed by atoms with Gasteiger partial charge in [0.2, 0.25) is 46.8 Å². The fourth-order valence-electron chi connectivity index (χ4n) is 11.2. The van der Waals surface area contributed by atoms with Gasteiger partial charge in [-0.25, -0.2) is 20.0 Å². The van der Waals surface area contributed by atoms with E-state index < -0.39 is 17.3 Å². The SMILES string of the molecule is CC(=O)NC1=CC(=Nc2ccc(N(C)C)cc2C)C(C)=C(Cl)C1=O.CCC(=O)NC1=CC(=Nc2ccc(N(CC)CC)cc2C)C(C)=C(Cl)C1=O.CCCCN(CCCC)c1ccc(N=C2C=C(NC(C)=O)C(=O)C(Cl)=C2C)c(C)c1.CCN(CC)c1ccc(N=C2C=C(NC(C)=O)C(=O)C(Cl)=C2C)c(C)c1. The molecule has 0 aliphatic heterocycles. The molecule has 0 fully saturated rings. The van der Waals surface area contributed by atoms with Crippen molar-refractivity contribution >= 4 is 162 Å². The molecule has 107 heavy (non-hydrogen) atoms. The van der Waals surface area contributed by atoms with E-state index in [1.54, 1.807) is 58.9 Å². The molecule has 0 aromatic heterocycles. The van der Waals surface area contributed by atoms with Crippen LogP contribution in [0.4, 0.5) is 45.5 Å². The molecule has 4 amide bonds. The van der Waals surface area contributed by atoms with Gasteiger partial charge in [0, 0.05) is 103 Å². The Morgan fingerprint density at radius 2 is 0.607 bits per heavy atom. The number of aryl methyl sites for hydroxylation is 4. The number of nitrogens with one attached hydrogen (secondary N) is 4. The Morgan fingerprint density at radius 1 is 0.364 bits per heavy atom. The van der Waals surface area contributed by atoms with Gasteiger partial charge < -0.3 is 40.9 Å². The molecule has 0 heterocycles. The molecule has 24 heteroatoms. The van der Waals surface area contributed by atoms with Crippen LogP contribution in [-0.4, -0.2) is 123 Å². The number of allylic oxidation sites excluding steroid dienone is 12. The summed E-state index contributed by atoms with van der Waals surface area (Å²) in [6.07, 6.45) is 11.3. The van der Waals surface area contributed by atoms with Crippen LogP contribution in [0.2, 0.25) is 0 Å². The summed E-state index contributed by atoms with van der Waals surface area (Å²) in [4.78, 5) is 122. The van der Waals surface area contributed by atoms with Crippen molar-refractivity contribution in [3.63, 3.8) is 0 Å². The minimum atomic E-state index is -0.400. The zero-order valence-electron chi connectivity index (χ0n) is 65.4. The molecule has 0 saturated carbocycles. The fraction of sp³-hybridized carbons (Fsp3) is 0.373. The first-order valence-electron chi connectivity index (χ1n) is 35.9. The zero-order valence-corrected chi connectivity index (χ0v) is 68.4. The Kier molecular flexibility index (Phi) is 34.1. The quantitative estimate of drug-likeness (QED) is 0.0507. The zero-order chi connectivity index (χ0) is 79.8. The molecule has 4 N–H and O–H groups in total. The maximum atomic E-state index is 12.3. The lowest BCUT2D eigenvalue weighted by molar-refractivity contribution is -0.122. The van der Waals surface area contributed by atoms with Crippen LogP contribution in [0.1, 0.15) is 151 Å². The van der Waals surface area contributed by atoms with Gasteiger partial charge >= 0.3 is 0 Å². The topological polar surface area (TPSA) is 247 Å². The monoisotopic (exact) mass is 1530 g/mol. The van der Waals surface area contributed by atoms with Gasteiger partial charge in [-0.15, -0.1) is 0 Å². The molecule has 4 aliphatic rings. The molecule has 0 radical (unpaired) electrons. The normalized spacial score (nSPS) is 15.9. The third kappa shape index (κ3) is 24.2. The van der Waals surface area contributed by atoms with E-state index >= 15 is 0 Å². The Hall–Kier alpha value is -9.60. The molecular formula is C83H102Cl4N12O8. The van der Waals surface area contributed by atoms with Crippen LogP contribution in [0, 0.1) is 27.7 Å². The number of nitrogens with zero attached hydrogens (tertiary/aromatic N) is 8. The smallest absolute Gasteiger partial charge is 0.224 e. The predicted molar refractivity (Wildman–Crippen MR) is 443 cm³/mol. The molecule has 4 aliphatic carbocycles. The summed E-state index contributed by atoms with van der Waals surface area (Å²) in [6, 6.07) is 24.4. The minimum absolute atomic E-state index is 0.0718. The highest BCUT2D eigenvalue weighted by molar-refractivity contribution is 6.51.